The average Bonchev–Trinajstić information content (AvgIpc) is 2.56. The molecule has 0 unspecified atom stereocenters. The summed E-state index contributed by atoms with van der Waals surface area (Å²) in [7, 11) is 0. The van der Waals surface area contributed by atoms with E-state index in [-0.39, 0.29) is 12.0 Å². The van der Waals surface area contributed by atoms with E-state index in [0.717, 1.165) is 22.7 Å². The minimum absolute atomic E-state index is 0.00131. The second-order valence-corrected chi connectivity index (χ2v) is 5.82. The lowest BCUT2D eigenvalue weighted by Crippen LogP contribution is -2.12. The molecule has 1 N–H and O–H groups in total. The van der Waals surface area contributed by atoms with Crippen LogP contribution in [0.25, 0.3) is 0 Å². The van der Waals surface area contributed by atoms with Crippen molar-refractivity contribution < 1.29 is 14.3 Å². The van der Waals surface area contributed by atoms with Gasteiger partial charge in [-0.05, 0) is 69.2 Å². The maximum absolute atomic E-state index is 12.1. The van der Waals surface area contributed by atoms with Gasteiger partial charge in [0.2, 0.25) is 5.91 Å². The summed E-state index contributed by atoms with van der Waals surface area (Å²) in [5, 5.41) is 2.91. The fourth-order valence-corrected chi connectivity index (χ4v) is 2.29. The van der Waals surface area contributed by atoms with E-state index in [4.69, 9.17) is 9.47 Å². The van der Waals surface area contributed by atoms with Crippen molar-refractivity contribution in [3.63, 3.8) is 0 Å². The van der Waals surface area contributed by atoms with Crippen molar-refractivity contribution in [2.24, 2.45) is 0 Å². The number of aryl methyl sites for hydroxylation is 1. The van der Waals surface area contributed by atoms with Gasteiger partial charge in [0, 0.05) is 12.1 Å². The second kappa shape index (κ2) is 8.96. The lowest BCUT2D eigenvalue weighted by molar-refractivity contribution is -0.116. The molecule has 0 aromatic heterocycles. The zero-order valence-corrected chi connectivity index (χ0v) is 14.5. The lowest BCUT2D eigenvalue weighted by Gasteiger charge is -2.10. The maximum atomic E-state index is 12.1. The van der Waals surface area contributed by atoms with Gasteiger partial charge in [-0.3, -0.25) is 4.79 Å². The van der Waals surface area contributed by atoms with Crippen LogP contribution in [0.1, 0.15) is 32.8 Å². The van der Waals surface area contributed by atoms with Gasteiger partial charge in [-0.2, -0.15) is 0 Å². The second-order valence-electron chi connectivity index (χ2n) is 5.82. The van der Waals surface area contributed by atoms with E-state index in [1.54, 1.807) is 0 Å². The molecule has 4 heteroatoms. The molecule has 2 aromatic carbocycles. The number of nitrogens with one attached hydrogen (secondary N) is 1. The molecule has 0 aliphatic heterocycles. The molecule has 2 aromatic rings. The molecule has 0 aliphatic carbocycles. The third-order valence-electron chi connectivity index (χ3n) is 3.38. The summed E-state index contributed by atoms with van der Waals surface area (Å²) >= 11 is 0. The van der Waals surface area contributed by atoms with E-state index in [1.165, 1.54) is 0 Å². The Morgan fingerprint density at radius 2 is 1.62 bits per heavy atom. The van der Waals surface area contributed by atoms with Gasteiger partial charge < -0.3 is 14.8 Å². The molecule has 0 saturated carbocycles. The van der Waals surface area contributed by atoms with Crippen LogP contribution in [0.5, 0.6) is 11.5 Å². The van der Waals surface area contributed by atoms with Gasteiger partial charge in [-0.15, -0.1) is 0 Å². The molecule has 0 fully saturated rings. The normalized spacial score (nSPS) is 10.5. The van der Waals surface area contributed by atoms with Crippen molar-refractivity contribution in [1.82, 2.24) is 0 Å². The predicted octanol–water partition coefficient (Wildman–Crippen LogP) is 4.44. The first-order valence-electron chi connectivity index (χ1n) is 8.35. The van der Waals surface area contributed by atoms with Gasteiger partial charge in [0.25, 0.3) is 0 Å². The van der Waals surface area contributed by atoms with E-state index in [9.17, 15) is 4.79 Å². The van der Waals surface area contributed by atoms with Crippen molar-refractivity contribution in [1.29, 1.82) is 0 Å². The van der Waals surface area contributed by atoms with Gasteiger partial charge in [0.1, 0.15) is 11.5 Å². The van der Waals surface area contributed by atoms with Crippen LogP contribution in [0.2, 0.25) is 0 Å². The summed E-state index contributed by atoms with van der Waals surface area (Å²) in [4.78, 5) is 12.1. The van der Waals surface area contributed by atoms with E-state index in [2.05, 4.69) is 5.32 Å². The van der Waals surface area contributed by atoms with Crippen molar-refractivity contribution in [2.75, 3.05) is 11.9 Å². The monoisotopic (exact) mass is 327 g/mol. The Kier molecular flexibility index (Phi) is 6.67. The summed E-state index contributed by atoms with van der Waals surface area (Å²) < 4.78 is 11.0. The highest BCUT2D eigenvalue weighted by Crippen LogP contribution is 2.18. The highest BCUT2D eigenvalue weighted by atomic mass is 16.5. The molecule has 24 heavy (non-hydrogen) atoms. The lowest BCUT2D eigenvalue weighted by atomic mass is 10.1. The quantitative estimate of drug-likeness (QED) is 0.779. The molecular formula is C20H25NO3. The Bertz CT molecular complexity index is 633. The number of rotatable bonds is 8. The highest BCUT2D eigenvalue weighted by Gasteiger charge is 2.04. The molecule has 2 rings (SSSR count). The number of hydrogen-bond acceptors (Lipinski definition) is 3. The molecule has 0 heterocycles. The zero-order chi connectivity index (χ0) is 17.4. The maximum Gasteiger partial charge on any atom is 0.224 e. The average molecular weight is 327 g/mol. The number of amides is 1. The number of carbonyl (C=O) groups is 1. The van der Waals surface area contributed by atoms with Gasteiger partial charge in [0.05, 0.1) is 12.7 Å². The molecular weight excluding hydrogens is 302 g/mol. The van der Waals surface area contributed by atoms with Crippen LogP contribution in [0, 0.1) is 0 Å². The highest BCUT2D eigenvalue weighted by molar-refractivity contribution is 5.90. The van der Waals surface area contributed by atoms with E-state index >= 15 is 0 Å². The number of hydrogen-bond donors (Lipinski definition) is 1. The van der Waals surface area contributed by atoms with Crippen LogP contribution in [0.15, 0.2) is 48.5 Å². The van der Waals surface area contributed by atoms with Crippen LogP contribution in [-0.4, -0.2) is 18.6 Å². The molecule has 0 atom stereocenters. The van der Waals surface area contributed by atoms with E-state index in [1.807, 2.05) is 69.3 Å². The summed E-state index contributed by atoms with van der Waals surface area (Å²) in [5.41, 5.74) is 1.90. The van der Waals surface area contributed by atoms with Crippen LogP contribution in [0.4, 0.5) is 5.69 Å². The minimum Gasteiger partial charge on any atom is -0.494 e. The van der Waals surface area contributed by atoms with Gasteiger partial charge in [-0.1, -0.05) is 12.1 Å². The molecule has 0 bridgehead atoms. The first-order valence-corrected chi connectivity index (χ1v) is 8.35. The first kappa shape index (κ1) is 17.9. The molecule has 128 valence electrons. The molecule has 1 amide bonds. The van der Waals surface area contributed by atoms with Gasteiger partial charge in [-0.25, -0.2) is 0 Å². The van der Waals surface area contributed by atoms with Crippen molar-refractivity contribution in [3.05, 3.63) is 54.1 Å². The SMILES string of the molecule is CCOc1ccc(CCC(=O)Nc2ccc(OC(C)C)cc2)cc1. The summed E-state index contributed by atoms with van der Waals surface area (Å²) in [5.74, 6) is 1.66. The molecule has 0 radical (unpaired) electrons. The van der Waals surface area contributed by atoms with Gasteiger partial charge >= 0.3 is 0 Å². The fourth-order valence-electron chi connectivity index (χ4n) is 2.29. The zero-order valence-electron chi connectivity index (χ0n) is 14.5. The number of benzene rings is 2. The number of anilines is 1. The topological polar surface area (TPSA) is 47.6 Å². The van der Waals surface area contributed by atoms with Gasteiger partial charge in [0.15, 0.2) is 0 Å². The largest absolute Gasteiger partial charge is 0.494 e. The fraction of sp³-hybridized carbons (Fsp3) is 0.350. The molecule has 0 aliphatic rings. The van der Waals surface area contributed by atoms with Crippen molar-refractivity contribution >= 4 is 11.6 Å². The minimum atomic E-state index is 0.00131. The van der Waals surface area contributed by atoms with E-state index < -0.39 is 0 Å². The Morgan fingerprint density at radius 3 is 2.21 bits per heavy atom. The smallest absolute Gasteiger partial charge is 0.224 e. The Hall–Kier alpha value is -2.49. The third-order valence-corrected chi connectivity index (χ3v) is 3.38. The Labute approximate surface area is 143 Å². The van der Waals surface area contributed by atoms with Crippen LogP contribution < -0.4 is 14.8 Å². The van der Waals surface area contributed by atoms with Crippen LogP contribution >= 0.6 is 0 Å². The number of carbonyl (C=O) groups excluding carboxylic acids is 1. The van der Waals surface area contributed by atoms with Crippen molar-refractivity contribution in [3.8, 4) is 11.5 Å². The molecule has 0 spiro atoms. The third kappa shape index (κ3) is 5.95. The molecule has 4 nitrogen and oxygen atoms in total. The van der Waals surface area contributed by atoms with Crippen LogP contribution in [0.3, 0.4) is 0 Å². The van der Waals surface area contributed by atoms with E-state index in [0.29, 0.717) is 19.4 Å². The number of ether oxygens (including phenoxy) is 2. The van der Waals surface area contributed by atoms with Crippen molar-refractivity contribution in [2.45, 2.75) is 39.7 Å². The Balaban J connectivity index is 1.80. The molecule has 0 saturated heterocycles. The predicted molar refractivity (Wildman–Crippen MR) is 96.8 cm³/mol. The standard InChI is InChI=1S/C20H25NO3/c1-4-23-18-10-5-16(6-11-18)7-14-20(22)21-17-8-12-19(13-9-17)24-15(2)3/h5-6,8-13,15H,4,7,14H2,1-3H3,(H,21,22). The summed E-state index contributed by atoms with van der Waals surface area (Å²) in [6, 6.07) is 15.3. The Morgan fingerprint density at radius 1 is 1.00 bits per heavy atom. The summed E-state index contributed by atoms with van der Waals surface area (Å²) in [6.07, 6.45) is 1.28. The summed E-state index contributed by atoms with van der Waals surface area (Å²) in [6.45, 7) is 6.58. The van der Waals surface area contributed by atoms with Crippen LogP contribution in [-0.2, 0) is 11.2 Å². The first-order chi connectivity index (χ1) is 11.6.